The molecule has 0 amide bonds. The molecule has 0 saturated heterocycles. The van der Waals surface area contributed by atoms with Crippen molar-refractivity contribution in [2.24, 2.45) is 69.5 Å². The molecular weight excluding hydrogens is 1130 g/mol. The summed E-state index contributed by atoms with van der Waals surface area (Å²) in [6.07, 6.45) is 39.4. The summed E-state index contributed by atoms with van der Waals surface area (Å²) in [4.78, 5) is 0. The summed E-state index contributed by atoms with van der Waals surface area (Å²) >= 11 is 0. The van der Waals surface area contributed by atoms with E-state index in [1.807, 2.05) is 0 Å². The SMILES string of the molecule is C#CC1(C)CCC(C2CCC(C)CC2)CC1.CC1CCC(C2CCC(C)(C#CC#CC3(C)CCC(C4CCC(C)CC4)CC3)CC2)CC1.O.O.[Ac].[Ac].[Cu]. The van der Waals surface area contributed by atoms with Crippen molar-refractivity contribution in [2.45, 2.75) is 196 Å². The van der Waals surface area contributed by atoms with E-state index in [4.69, 9.17) is 6.42 Å². The van der Waals surface area contributed by atoms with Crippen LogP contribution in [0.15, 0.2) is 0 Å². The van der Waals surface area contributed by atoms with Gasteiger partial charge in [0.2, 0.25) is 0 Å². The molecular formula is C48H80Ac2CuO2. The monoisotopic (exact) mass is 1210 g/mol. The molecule has 3 radical (unpaired) electrons. The van der Waals surface area contributed by atoms with E-state index in [0.29, 0.717) is 0 Å². The van der Waals surface area contributed by atoms with Gasteiger partial charge >= 0.3 is 0 Å². The topological polar surface area (TPSA) is 63.0 Å². The fraction of sp³-hybridized carbons (Fsp3) is 0.875. The number of hydrogen-bond donors (Lipinski definition) is 0. The molecule has 0 aromatic heterocycles. The molecule has 6 fully saturated rings. The van der Waals surface area contributed by atoms with Gasteiger partial charge in [-0.1, -0.05) is 71.1 Å². The summed E-state index contributed by atoms with van der Waals surface area (Å²) in [7, 11) is 0. The third-order valence-electron chi connectivity index (χ3n) is 15.7. The molecule has 53 heavy (non-hydrogen) atoms. The van der Waals surface area contributed by atoms with Crippen LogP contribution in [0.25, 0.3) is 0 Å². The molecule has 6 rings (SSSR count). The molecule has 2 nitrogen and oxygen atoms in total. The van der Waals surface area contributed by atoms with Crippen LogP contribution in [0.4, 0.5) is 0 Å². The fourth-order valence-corrected chi connectivity index (χ4v) is 11.3. The van der Waals surface area contributed by atoms with Crippen molar-refractivity contribution in [1.82, 2.24) is 0 Å². The molecule has 0 bridgehead atoms. The Balaban J connectivity index is 0.00000111. The molecule has 301 valence electrons. The maximum atomic E-state index is 5.63. The summed E-state index contributed by atoms with van der Waals surface area (Å²) < 4.78 is 0. The van der Waals surface area contributed by atoms with Gasteiger partial charge in [-0.25, -0.2) is 0 Å². The second-order valence-electron chi connectivity index (χ2n) is 19.9. The van der Waals surface area contributed by atoms with Gasteiger partial charge in [0, 0.05) is 121 Å². The molecule has 0 aromatic rings. The second-order valence-corrected chi connectivity index (χ2v) is 19.9. The van der Waals surface area contributed by atoms with Crippen LogP contribution >= 0.6 is 0 Å². The molecule has 0 aliphatic heterocycles. The maximum Gasteiger partial charge on any atom is 0.0297 e. The molecule has 6 aliphatic rings. The summed E-state index contributed by atoms with van der Waals surface area (Å²) in [6.45, 7) is 14.4. The zero-order valence-electron chi connectivity index (χ0n) is 35.2. The molecule has 4 N–H and O–H groups in total. The van der Waals surface area contributed by atoms with Gasteiger partial charge < -0.3 is 11.0 Å². The smallest absolute Gasteiger partial charge is 0.0297 e. The quantitative estimate of drug-likeness (QED) is 0.200. The molecule has 0 atom stereocenters. The van der Waals surface area contributed by atoms with Crippen LogP contribution in [0.3, 0.4) is 0 Å². The summed E-state index contributed by atoms with van der Waals surface area (Å²) in [6, 6.07) is 0. The predicted molar refractivity (Wildman–Crippen MR) is 215 cm³/mol. The Hall–Kier alpha value is 2.00. The summed E-state index contributed by atoms with van der Waals surface area (Å²) in [5.74, 6) is 25.9. The fourth-order valence-electron chi connectivity index (χ4n) is 11.3. The number of terminal acetylenes is 1. The predicted octanol–water partition coefficient (Wildman–Crippen LogP) is 12.0. The van der Waals surface area contributed by atoms with Crippen molar-refractivity contribution in [2.75, 3.05) is 0 Å². The molecule has 0 unspecified atom stereocenters. The molecule has 0 aromatic carbocycles. The van der Waals surface area contributed by atoms with Gasteiger partial charge in [-0.15, -0.1) is 12.3 Å². The van der Waals surface area contributed by atoms with Crippen LogP contribution in [0, 0.1) is 194 Å². The third-order valence-corrected chi connectivity index (χ3v) is 15.7. The minimum atomic E-state index is 0. The Kier molecular flexibility index (Phi) is 27.3. The van der Waals surface area contributed by atoms with Crippen LogP contribution in [0.5, 0.6) is 0 Å². The van der Waals surface area contributed by atoms with Gasteiger partial charge in [0.05, 0.1) is 0 Å². The van der Waals surface area contributed by atoms with Gasteiger partial charge in [-0.05, 0) is 201 Å². The third kappa shape index (κ3) is 17.3. The van der Waals surface area contributed by atoms with Crippen molar-refractivity contribution in [1.29, 1.82) is 0 Å². The molecule has 5 heteroatoms. The summed E-state index contributed by atoms with van der Waals surface area (Å²) in [5, 5.41) is 0. The zero-order valence-corrected chi connectivity index (χ0v) is 45.6. The first-order chi connectivity index (χ1) is 23.0. The van der Waals surface area contributed by atoms with Crippen molar-refractivity contribution >= 4 is 0 Å². The second kappa shape index (κ2) is 26.3. The minimum Gasteiger partial charge on any atom is -0.412 e. The van der Waals surface area contributed by atoms with E-state index >= 15 is 0 Å². The van der Waals surface area contributed by atoms with E-state index in [9.17, 15) is 0 Å². The largest absolute Gasteiger partial charge is 0.412 e. The Labute approximate surface area is 412 Å². The minimum absolute atomic E-state index is 0. The normalized spacial score (nSPS) is 40.8. The maximum absolute atomic E-state index is 5.63. The first-order valence-electron chi connectivity index (χ1n) is 21.5. The van der Waals surface area contributed by atoms with Gasteiger partial charge in [0.25, 0.3) is 0 Å². The van der Waals surface area contributed by atoms with E-state index in [-0.39, 0.29) is 132 Å². The molecule has 0 heterocycles. The Bertz CT molecular complexity index is 1090. The van der Waals surface area contributed by atoms with Gasteiger partial charge in [0.1, 0.15) is 0 Å². The Morgan fingerprint density at radius 3 is 0.811 bits per heavy atom. The van der Waals surface area contributed by atoms with E-state index in [0.717, 1.165) is 53.3 Å². The van der Waals surface area contributed by atoms with E-state index < -0.39 is 0 Å². The van der Waals surface area contributed by atoms with Crippen LogP contribution in [0.1, 0.15) is 196 Å². The van der Waals surface area contributed by atoms with Crippen LogP contribution in [-0.4, -0.2) is 11.0 Å². The number of rotatable bonds is 3. The van der Waals surface area contributed by atoms with Gasteiger partial charge in [0.15, 0.2) is 0 Å². The number of hydrogen-bond acceptors (Lipinski definition) is 0. The standard InChI is InChI=1S/C32H50.C16H26.2Ac.Cu.2H2O/c1-25-7-11-27(12-8-25)29-15-21-31(3,22-16-29)19-5-6-20-32(4)23-17-30(18-24-32)28-13-9-26(2)10-14-28;1-4-16(3)11-9-15(10-12-16)14-7-5-13(2)6-8-14;;;;;/h25-30H,7-18,21-24H2,1-4H3;1,13-15H,5-12H2,2-3H3;;;;2*1H2. The first kappa shape index (κ1) is 55.0. The van der Waals surface area contributed by atoms with Crippen molar-refractivity contribution < 1.29 is 116 Å². The van der Waals surface area contributed by atoms with Crippen LogP contribution in [0.2, 0.25) is 0 Å². The molecule has 6 saturated carbocycles. The van der Waals surface area contributed by atoms with E-state index in [1.54, 1.807) is 0 Å². The zero-order chi connectivity index (χ0) is 34.2. The van der Waals surface area contributed by atoms with Crippen LogP contribution in [-0.2, 0) is 17.1 Å². The summed E-state index contributed by atoms with van der Waals surface area (Å²) in [5.41, 5.74) is 0.645. The Morgan fingerprint density at radius 2 is 0.585 bits per heavy atom. The molecule has 6 aliphatic carbocycles. The van der Waals surface area contributed by atoms with Crippen molar-refractivity contribution in [3.05, 3.63) is 0 Å². The van der Waals surface area contributed by atoms with Crippen molar-refractivity contribution in [3.63, 3.8) is 0 Å². The van der Waals surface area contributed by atoms with E-state index in [1.165, 1.54) is 154 Å². The van der Waals surface area contributed by atoms with E-state index in [2.05, 4.69) is 71.1 Å². The van der Waals surface area contributed by atoms with Gasteiger partial charge in [-0.3, -0.25) is 0 Å². The average molecular weight is 1210 g/mol. The first-order valence-corrected chi connectivity index (χ1v) is 21.5. The van der Waals surface area contributed by atoms with Crippen LogP contribution < -0.4 is 0 Å². The molecule has 0 spiro atoms. The Morgan fingerprint density at radius 1 is 0.377 bits per heavy atom. The van der Waals surface area contributed by atoms with Gasteiger partial charge in [-0.2, -0.15) is 0 Å². The average Bonchev–Trinajstić information content (AvgIpc) is 3.10. The van der Waals surface area contributed by atoms with Crippen molar-refractivity contribution in [3.8, 4) is 36.0 Å².